The number of fused-ring (bicyclic) bond motifs is 1. The Morgan fingerprint density at radius 2 is 1.63 bits per heavy atom. The zero-order valence-corrected chi connectivity index (χ0v) is 20.4. The number of aromatic nitrogens is 2. The summed E-state index contributed by atoms with van der Waals surface area (Å²) in [5.74, 6) is 1.91. The fourth-order valence-electron chi connectivity index (χ4n) is 5.18. The van der Waals surface area contributed by atoms with Crippen LogP contribution in [0.5, 0.6) is 5.75 Å². The van der Waals surface area contributed by atoms with Crippen molar-refractivity contribution in [1.29, 1.82) is 0 Å². The lowest BCUT2D eigenvalue weighted by atomic mass is 9.93. The Bertz CT molecular complexity index is 1260. The van der Waals surface area contributed by atoms with Crippen LogP contribution in [-0.2, 0) is 24.3 Å². The van der Waals surface area contributed by atoms with Crippen LogP contribution in [0.2, 0.25) is 0 Å². The van der Waals surface area contributed by atoms with E-state index in [0.29, 0.717) is 25.6 Å². The van der Waals surface area contributed by atoms with Crippen molar-refractivity contribution in [3.8, 4) is 5.75 Å². The van der Waals surface area contributed by atoms with Crippen molar-refractivity contribution < 1.29 is 9.53 Å². The molecule has 1 fully saturated rings. The lowest BCUT2D eigenvalue weighted by Gasteiger charge is -2.35. The zero-order valence-electron chi connectivity index (χ0n) is 20.4. The number of benzene rings is 3. The predicted octanol–water partition coefficient (Wildman–Crippen LogP) is 6.00. The first-order valence-electron chi connectivity index (χ1n) is 12.6. The molecule has 1 heterocycles. The van der Waals surface area contributed by atoms with Gasteiger partial charge < -0.3 is 14.2 Å². The lowest BCUT2D eigenvalue weighted by molar-refractivity contribution is -0.135. The molecule has 5 heteroatoms. The maximum absolute atomic E-state index is 13.9. The number of rotatable bonds is 8. The third kappa shape index (κ3) is 5.40. The zero-order chi connectivity index (χ0) is 24.0. The molecule has 0 atom stereocenters. The minimum Gasteiger partial charge on any atom is -0.497 e. The molecule has 0 aliphatic heterocycles. The fourth-order valence-corrected chi connectivity index (χ4v) is 5.18. The Balaban J connectivity index is 1.44. The van der Waals surface area contributed by atoms with Gasteiger partial charge in [0.15, 0.2) is 0 Å². The number of hydrogen-bond donors (Lipinski definition) is 0. The van der Waals surface area contributed by atoms with Crippen molar-refractivity contribution in [2.75, 3.05) is 7.11 Å². The standard InChI is InChI=1S/C30H33N3O2/c1-35-26-18-16-23(17-19-26)20-29-31-27-14-8-9-15-28(27)33(29)22-30(34)32(25-12-6-3-7-13-25)21-24-10-4-2-5-11-24/h2,4-5,8-11,14-19,25H,3,6-7,12-13,20-22H2,1H3. The van der Waals surface area contributed by atoms with Gasteiger partial charge in [-0.1, -0.05) is 73.9 Å². The fraction of sp³-hybridized carbons (Fsp3) is 0.333. The summed E-state index contributed by atoms with van der Waals surface area (Å²) in [6, 6.07) is 26.8. The van der Waals surface area contributed by atoms with Gasteiger partial charge in [0.25, 0.3) is 0 Å². The van der Waals surface area contributed by atoms with Crippen LogP contribution in [0.3, 0.4) is 0 Å². The number of nitrogens with zero attached hydrogens (tertiary/aromatic N) is 3. The normalized spacial score (nSPS) is 14.2. The topological polar surface area (TPSA) is 47.4 Å². The molecule has 0 radical (unpaired) electrons. The molecule has 35 heavy (non-hydrogen) atoms. The number of ether oxygens (including phenoxy) is 1. The summed E-state index contributed by atoms with van der Waals surface area (Å²) in [4.78, 5) is 21.0. The van der Waals surface area contributed by atoms with E-state index < -0.39 is 0 Å². The van der Waals surface area contributed by atoms with Crippen molar-refractivity contribution in [1.82, 2.24) is 14.5 Å². The monoisotopic (exact) mass is 467 g/mol. The first-order chi connectivity index (χ1) is 17.2. The van der Waals surface area contributed by atoms with Gasteiger partial charge in [-0.25, -0.2) is 4.98 Å². The molecule has 1 aliphatic rings. The molecular formula is C30H33N3O2. The van der Waals surface area contributed by atoms with Gasteiger partial charge >= 0.3 is 0 Å². The van der Waals surface area contributed by atoms with Gasteiger partial charge in [-0.05, 0) is 48.2 Å². The van der Waals surface area contributed by atoms with Crippen LogP contribution in [0, 0.1) is 0 Å². The molecule has 1 saturated carbocycles. The first kappa shape index (κ1) is 23.2. The smallest absolute Gasteiger partial charge is 0.243 e. The number of amides is 1. The van der Waals surface area contributed by atoms with Crippen molar-refractivity contribution in [3.63, 3.8) is 0 Å². The third-order valence-corrected chi connectivity index (χ3v) is 7.08. The maximum atomic E-state index is 13.9. The van der Waals surface area contributed by atoms with E-state index in [9.17, 15) is 4.79 Å². The molecule has 4 aromatic rings. The Hall–Kier alpha value is -3.60. The summed E-state index contributed by atoms with van der Waals surface area (Å²) in [7, 11) is 1.67. The SMILES string of the molecule is COc1ccc(Cc2nc3ccccc3n2CC(=O)N(Cc2ccccc2)C2CCCCC2)cc1. The van der Waals surface area contributed by atoms with Gasteiger partial charge in [-0.15, -0.1) is 0 Å². The Labute approximate surface area is 207 Å². The quantitative estimate of drug-likeness (QED) is 0.319. The molecule has 5 nitrogen and oxygen atoms in total. The summed E-state index contributed by atoms with van der Waals surface area (Å²) in [6.07, 6.45) is 6.49. The molecule has 1 aromatic heterocycles. The van der Waals surface area contributed by atoms with Gasteiger partial charge in [0.1, 0.15) is 18.1 Å². The number of carbonyl (C=O) groups is 1. The number of methoxy groups -OCH3 is 1. The van der Waals surface area contributed by atoms with E-state index in [1.165, 1.54) is 24.8 Å². The van der Waals surface area contributed by atoms with Gasteiger partial charge in [-0.3, -0.25) is 4.79 Å². The molecular weight excluding hydrogens is 434 g/mol. The second kappa shape index (κ2) is 10.8. The molecule has 0 spiro atoms. The van der Waals surface area contributed by atoms with E-state index in [1.807, 2.05) is 36.4 Å². The lowest BCUT2D eigenvalue weighted by Crippen LogP contribution is -2.42. The van der Waals surface area contributed by atoms with E-state index >= 15 is 0 Å². The molecule has 1 aliphatic carbocycles. The highest BCUT2D eigenvalue weighted by atomic mass is 16.5. The second-order valence-electron chi connectivity index (χ2n) is 9.43. The first-order valence-corrected chi connectivity index (χ1v) is 12.6. The maximum Gasteiger partial charge on any atom is 0.243 e. The number of imidazole rings is 1. The summed E-state index contributed by atoms with van der Waals surface area (Å²) < 4.78 is 7.42. The van der Waals surface area contributed by atoms with Gasteiger partial charge in [0.05, 0.1) is 18.1 Å². The van der Waals surface area contributed by atoms with Crippen LogP contribution in [0.25, 0.3) is 11.0 Å². The highest BCUT2D eigenvalue weighted by Gasteiger charge is 2.27. The molecule has 0 unspecified atom stereocenters. The highest BCUT2D eigenvalue weighted by Crippen LogP contribution is 2.26. The van der Waals surface area contributed by atoms with Crippen LogP contribution in [0.4, 0.5) is 0 Å². The van der Waals surface area contributed by atoms with Crippen molar-refractivity contribution in [3.05, 3.63) is 95.8 Å². The molecule has 5 rings (SSSR count). The second-order valence-corrected chi connectivity index (χ2v) is 9.43. The van der Waals surface area contributed by atoms with Gasteiger partial charge in [-0.2, -0.15) is 0 Å². The van der Waals surface area contributed by atoms with Crippen LogP contribution < -0.4 is 4.74 Å². The van der Waals surface area contributed by atoms with Crippen molar-refractivity contribution in [2.24, 2.45) is 0 Å². The Morgan fingerprint density at radius 1 is 0.914 bits per heavy atom. The number of carbonyl (C=O) groups excluding carboxylic acids is 1. The largest absolute Gasteiger partial charge is 0.497 e. The summed E-state index contributed by atoms with van der Waals surface area (Å²) in [5.41, 5.74) is 4.26. The number of hydrogen-bond acceptors (Lipinski definition) is 3. The van der Waals surface area contributed by atoms with E-state index in [-0.39, 0.29) is 5.91 Å². The van der Waals surface area contributed by atoms with Crippen LogP contribution in [0.15, 0.2) is 78.9 Å². The number of para-hydroxylation sites is 2. The van der Waals surface area contributed by atoms with Crippen molar-refractivity contribution >= 4 is 16.9 Å². The van der Waals surface area contributed by atoms with Crippen LogP contribution in [0.1, 0.15) is 49.1 Å². The highest BCUT2D eigenvalue weighted by molar-refractivity contribution is 5.81. The van der Waals surface area contributed by atoms with E-state index in [4.69, 9.17) is 9.72 Å². The summed E-state index contributed by atoms with van der Waals surface area (Å²) in [6.45, 7) is 0.958. The molecule has 0 saturated heterocycles. The van der Waals surface area contributed by atoms with Crippen LogP contribution in [-0.4, -0.2) is 33.5 Å². The Kier molecular flexibility index (Phi) is 7.12. The molecule has 3 aromatic carbocycles. The molecule has 1 amide bonds. The van der Waals surface area contributed by atoms with E-state index in [1.54, 1.807) is 7.11 Å². The predicted molar refractivity (Wildman–Crippen MR) is 139 cm³/mol. The van der Waals surface area contributed by atoms with Gasteiger partial charge in [0.2, 0.25) is 5.91 Å². The van der Waals surface area contributed by atoms with E-state index in [2.05, 4.69) is 51.9 Å². The average Bonchev–Trinajstić information content (AvgIpc) is 3.25. The minimum atomic E-state index is 0.167. The average molecular weight is 468 g/mol. The van der Waals surface area contributed by atoms with Crippen LogP contribution >= 0.6 is 0 Å². The Morgan fingerprint density at radius 3 is 2.37 bits per heavy atom. The third-order valence-electron chi connectivity index (χ3n) is 7.08. The summed E-state index contributed by atoms with van der Waals surface area (Å²) >= 11 is 0. The molecule has 180 valence electrons. The molecule has 0 bridgehead atoms. The summed E-state index contributed by atoms with van der Waals surface area (Å²) in [5, 5.41) is 0. The van der Waals surface area contributed by atoms with Gasteiger partial charge in [0, 0.05) is 19.0 Å². The van der Waals surface area contributed by atoms with Crippen molar-refractivity contribution in [2.45, 2.75) is 57.7 Å². The minimum absolute atomic E-state index is 0.167. The molecule has 0 N–H and O–H groups in total. The van der Waals surface area contributed by atoms with E-state index in [0.717, 1.165) is 41.0 Å².